The smallest absolute Gasteiger partial charge is 0.255 e. The van der Waals surface area contributed by atoms with Crippen LogP contribution < -0.4 is 15.4 Å². The first kappa shape index (κ1) is 17.9. The Labute approximate surface area is 157 Å². The summed E-state index contributed by atoms with van der Waals surface area (Å²) in [7, 11) is 0. The molecule has 144 valence electrons. The Balaban J connectivity index is 1.37. The molecule has 3 heterocycles. The number of carbonyl (C=O) groups is 3. The van der Waals surface area contributed by atoms with Crippen LogP contribution in [0.3, 0.4) is 0 Å². The molecule has 0 aliphatic carbocycles. The highest BCUT2D eigenvalue weighted by atomic mass is 16.5. The van der Waals surface area contributed by atoms with Crippen molar-refractivity contribution in [2.24, 2.45) is 0 Å². The minimum atomic E-state index is -0.584. The summed E-state index contributed by atoms with van der Waals surface area (Å²) in [4.78, 5) is 40.0. The van der Waals surface area contributed by atoms with Gasteiger partial charge in [-0.1, -0.05) is 0 Å². The highest BCUT2D eigenvalue weighted by Crippen LogP contribution is 2.30. The van der Waals surface area contributed by atoms with Crippen LogP contribution in [0.25, 0.3) is 0 Å². The van der Waals surface area contributed by atoms with E-state index in [4.69, 9.17) is 4.74 Å². The number of nitrogens with zero attached hydrogens (tertiary/aromatic N) is 2. The summed E-state index contributed by atoms with van der Waals surface area (Å²) in [6, 6.07) is 4.88. The van der Waals surface area contributed by atoms with Crippen molar-refractivity contribution in [3.05, 3.63) is 29.3 Å². The fourth-order valence-corrected chi connectivity index (χ4v) is 3.87. The van der Waals surface area contributed by atoms with E-state index in [1.807, 2.05) is 12.1 Å². The number of piperazine rings is 1. The molecule has 3 amide bonds. The van der Waals surface area contributed by atoms with Gasteiger partial charge in [0.2, 0.25) is 11.8 Å². The predicted molar refractivity (Wildman–Crippen MR) is 97.3 cm³/mol. The lowest BCUT2D eigenvalue weighted by Gasteiger charge is -2.29. The highest BCUT2D eigenvalue weighted by Gasteiger charge is 2.39. The highest BCUT2D eigenvalue weighted by molar-refractivity contribution is 6.05. The summed E-state index contributed by atoms with van der Waals surface area (Å²) in [6.07, 6.45) is 0.634. The van der Waals surface area contributed by atoms with Crippen LogP contribution >= 0.6 is 0 Å². The van der Waals surface area contributed by atoms with Crippen molar-refractivity contribution >= 4 is 17.7 Å². The number of rotatable bonds is 5. The van der Waals surface area contributed by atoms with Crippen molar-refractivity contribution in [2.75, 3.05) is 39.3 Å². The third kappa shape index (κ3) is 3.81. The molecule has 1 atom stereocenters. The summed E-state index contributed by atoms with van der Waals surface area (Å²) < 4.78 is 5.87. The van der Waals surface area contributed by atoms with E-state index in [0.29, 0.717) is 25.1 Å². The zero-order chi connectivity index (χ0) is 18.8. The molecule has 0 saturated carbocycles. The van der Waals surface area contributed by atoms with Crippen LogP contribution in [-0.2, 0) is 16.1 Å². The molecule has 3 aliphatic rings. The number of benzene rings is 1. The molecule has 8 nitrogen and oxygen atoms in total. The Kier molecular flexibility index (Phi) is 5.09. The van der Waals surface area contributed by atoms with E-state index < -0.39 is 6.04 Å². The largest absolute Gasteiger partial charge is 0.492 e. The number of imide groups is 1. The van der Waals surface area contributed by atoms with Gasteiger partial charge in [0.05, 0.1) is 0 Å². The second-order valence-corrected chi connectivity index (χ2v) is 7.16. The van der Waals surface area contributed by atoms with E-state index in [2.05, 4.69) is 15.5 Å². The van der Waals surface area contributed by atoms with Crippen LogP contribution in [0.2, 0.25) is 0 Å². The maximum absolute atomic E-state index is 12.7. The maximum atomic E-state index is 12.7. The Morgan fingerprint density at radius 3 is 2.74 bits per heavy atom. The molecule has 1 aromatic rings. The number of nitrogens with one attached hydrogen (secondary N) is 2. The molecule has 0 spiro atoms. The molecule has 4 rings (SSSR count). The summed E-state index contributed by atoms with van der Waals surface area (Å²) in [6.45, 7) is 5.93. The summed E-state index contributed by atoms with van der Waals surface area (Å²) in [5, 5.41) is 5.64. The van der Waals surface area contributed by atoms with Gasteiger partial charge >= 0.3 is 0 Å². The molecule has 3 aliphatic heterocycles. The van der Waals surface area contributed by atoms with Crippen molar-refractivity contribution in [3.8, 4) is 5.75 Å². The second kappa shape index (κ2) is 7.66. The molecule has 1 aromatic carbocycles. The number of amides is 3. The third-order valence-electron chi connectivity index (χ3n) is 5.38. The van der Waals surface area contributed by atoms with Crippen LogP contribution in [0.4, 0.5) is 0 Å². The first-order valence-corrected chi connectivity index (χ1v) is 9.45. The van der Waals surface area contributed by atoms with Crippen molar-refractivity contribution in [2.45, 2.75) is 25.4 Å². The van der Waals surface area contributed by atoms with Gasteiger partial charge in [-0.05, 0) is 30.2 Å². The van der Waals surface area contributed by atoms with Crippen LogP contribution in [-0.4, -0.2) is 72.9 Å². The van der Waals surface area contributed by atoms with Crippen molar-refractivity contribution < 1.29 is 19.1 Å². The maximum Gasteiger partial charge on any atom is 0.255 e. The minimum Gasteiger partial charge on any atom is -0.492 e. The fraction of sp³-hybridized carbons (Fsp3) is 0.526. The molecular formula is C19H24N4O4. The molecule has 0 bridgehead atoms. The first-order chi connectivity index (χ1) is 13.1. The topological polar surface area (TPSA) is 91.0 Å². The monoisotopic (exact) mass is 372 g/mol. The van der Waals surface area contributed by atoms with Crippen molar-refractivity contribution in [3.63, 3.8) is 0 Å². The molecule has 2 fully saturated rings. The van der Waals surface area contributed by atoms with Crippen LogP contribution in [0.5, 0.6) is 5.75 Å². The van der Waals surface area contributed by atoms with E-state index in [0.717, 1.165) is 44.0 Å². The Morgan fingerprint density at radius 2 is 1.96 bits per heavy atom. The minimum absolute atomic E-state index is 0.160. The van der Waals surface area contributed by atoms with E-state index in [9.17, 15) is 14.4 Å². The van der Waals surface area contributed by atoms with E-state index in [-0.39, 0.29) is 24.1 Å². The Bertz CT molecular complexity index is 760. The quantitative estimate of drug-likeness (QED) is 0.692. The molecule has 0 aromatic heterocycles. The van der Waals surface area contributed by atoms with E-state index >= 15 is 0 Å². The lowest BCUT2D eigenvalue weighted by atomic mass is 10.0. The normalized spacial score (nSPS) is 23.3. The molecule has 2 N–H and O–H groups in total. The fourth-order valence-electron chi connectivity index (χ4n) is 3.87. The second-order valence-electron chi connectivity index (χ2n) is 7.16. The van der Waals surface area contributed by atoms with Gasteiger partial charge in [0.25, 0.3) is 5.91 Å². The van der Waals surface area contributed by atoms with Crippen LogP contribution in [0.15, 0.2) is 18.2 Å². The van der Waals surface area contributed by atoms with E-state index in [1.165, 1.54) is 0 Å². The Hall–Kier alpha value is -2.45. The van der Waals surface area contributed by atoms with Gasteiger partial charge in [0.1, 0.15) is 18.4 Å². The number of ether oxygens (including phenoxy) is 1. The average Bonchev–Trinajstić information content (AvgIpc) is 2.99. The van der Waals surface area contributed by atoms with Gasteiger partial charge in [-0.2, -0.15) is 0 Å². The van der Waals surface area contributed by atoms with E-state index in [1.54, 1.807) is 11.0 Å². The molecule has 8 heteroatoms. The summed E-state index contributed by atoms with van der Waals surface area (Å²) in [5.74, 6) is -0.0887. The van der Waals surface area contributed by atoms with Crippen molar-refractivity contribution in [1.82, 2.24) is 20.4 Å². The summed E-state index contributed by atoms with van der Waals surface area (Å²) >= 11 is 0. The van der Waals surface area contributed by atoms with Crippen LogP contribution in [0.1, 0.15) is 28.8 Å². The number of carbonyl (C=O) groups excluding carboxylic acids is 3. The molecule has 0 radical (unpaired) electrons. The number of fused-ring (bicyclic) bond motifs is 1. The van der Waals surface area contributed by atoms with Crippen LogP contribution in [0, 0.1) is 0 Å². The number of hydrogen-bond donors (Lipinski definition) is 2. The molecule has 0 unspecified atom stereocenters. The van der Waals surface area contributed by atoms with Gasteiger partial charge in [-0.15, -0.1) is 0 Å². The average molecular weight is 372 g/mol. The molecule has 2 saturated heterocycles. The van der Waals surface area contributed by atoms with Gasteiger partial charge < -0.3 is 15.0 Å². The van der Waals surface area contributed by atoms with Crippen molar-refractivity contribution in [1.29, 1.82) is 0 Å². The van der Waals surface area contributed by atoms with Gasteiger partial charge in [-0.3, -0.25) is 24.6 Å². The Morgan fingerprint density at radius 1 is 1.15 bits per heavy atom. The van der Waals surface area contributed by atoms with Gasteiger partial charge in [-0.25, -0.2) is 0 Å². The summed E-state index contributed by atoms with van der Waals surface area (Å²) in [5.41, 5.74) is 1.47. The predicted octanol–water partition coefficient (Wildman–Crippen LogP) is -0.268. The van der Waals surface area contributed by atoms with Gasteiger partial charge in [0.15, 0.2) is 0 Å². The number of hydrogen-bond acceptors (Lipinski definition) is 6. The lowest BCUT2D eigenvalue weighted by molar-refractivity contribution is -0.136. The lowest BCUT2D eigenvalue weighted by Crippen LogP contribution is -2.52. The molecule has 27 heavy (non-hydrogen) atoms. The zero-order valence-electron chi connectivity index (χ0n) is 15.2. The first-order valence-electron chi connectivity index (χ1n) is 9.45. The standard InChI is InChI=1S/C19H24N4O4/c24-17-4-3-16(18(25)21-17)23-12-13-11-14(1-2-15(13)19(23)26)27-10-9-22-7-5-20-6-8-22/h1-2,11,16,20H,3-10,12H2,(H,21,24,25)/t16-/m0/s1. The third-order valence-corrected chi connectivity index (χ3v) is 5.38. The molecular weight excluding hydrogens is 348 g/mol. The SMILES string of the molecule is O=C1CC[C@H](N2Cc3cc(OCCN4CCNCC4)ccc3C2=O)C(=O)N1. The zero-order valence-corrected chi connectivity index (χ0v) is 15.2. The van der Waals surface area contributed by atoms with Gasteiger partial charge in [0, 0.05) is 51.3 Å². The number of piperidine rings is 1.